The second-order valence-corrected chi connectivity index (χ2v) is 9.50. The summed E-state index contributed by atoms with van der Waals surface area (Å²) in [4.78, 5) is 8.12. The highest BCUT2D eigenvalue weighted by molar-refractivity contribution is 5.65. The van der Waals surface area contributed by atoms with Crippen LogP contribution in [0.4, 0.5) is 36.3 Å². The molecule has 0 unspecified atom stereocenters. The Hall–Kier alpha value is -3.09. The normalized spacial score (nSPS) is 12.0. The molecule has 0 saturated heterocycles. The van der Waals surface area contributed by atoms with E-state index in [9.17, 15) is 13.2 Å². The molecule has 2 aromatic carbocycles. The molecule has 1 aromatic heterocycles. The van der Waals surface area contributed by atoms with Crippen molar-refractivity contribution < 1.29 is 13.2 Å². The molecule has 0 amide bonds. The molecule has 0 radical (unpaired) electrons. The van der Waals surface area contributed by atoms with Gasteiger partial charge >= 0.3 is 6.18 Å². The number of unbranched alkanes of at least 4 members (excludes halogenated alkanes) is 3. The van der Waals surface area contributed by atoms with Crippen LogP contribution < -0.4 is 10.6 Å². The minimum Gasteiger partial charge on any atom is -0.339 e. The second-order valence-electron chi connectivity index (χ2n) is 9.50. The number of nitrogens with one attached hydrogen (secondary N) is 2. The van der Waals surface area contributed by atoms with Crippen LogP contribution in [0.3, 0.4) is 0 Å². The zero-order valence-electron chi connectivity index (χ0n) is 20.3. The van der Waals surface area contributed by atoms with E-state index in [1.807, 2.05) is 42.5 Å². The molecule has 0 spiro atoms. The fourth-order valence-corrected chi connectivity index (χ4v) is 3.66. The fourth-order valence-electron chi connectivity index (χ4n) is 3.66. The van der Waals surface area contributed by atoms with Gasteiger partial charge in [-0.05, 0) is 47.6 Å². The molecule has 0 aliphatic heterocycles. The van der Waals surface area contributed by atoms with E-state index in [4.69, 9.17) is 0 Å². The number of alkyl halides is 3. The Morgan fingerprint density at radius 3 is 2.21 bits per heavy atom. The van der Waals surface area contributed by atoms with Crippen LogP contribution in [0.25, 0.3) is 0 Å². The van der Waals surface area contributed by atoms with Gasteiger partial charge in [-0.3, -0.25) is 0 Å². The molecule has 1 heterocycles. The van der Waals surface area contributed by atoms with Gasteiger partial charge in [0.25, 0.3) is 0 Å². The summed E-state index contributed by atoms with van der Waals surface area (Å²) in [7, 11) is 0. The molecule has 4 nitrogen and oxygen atoms in total. The molecule has 34 heavy (non-hydrogen) atoms. The van der Waals surface area contributed by atoms with Gasteiger partial charge in [0.2, 0.25) is 5.95 Å². The van der Waals surface area contributed by atoms with Crippen molar-refractivity contribution in [2.75, 3.05) is 10.6 Å². The van der Waals surface area contributed by atoms with E-state index in [-0.39, 0.29) is 17.2 Å². The van der Waals surface area contributed by atoms with E-state index in [1.165, 1.54) is 0 Å². The molecule has 2 N–H and O–H groups in total. The number of hydrogen-bond donors (Lipinski definition) is 2. The molecule has 0 aliphatic carbocycles. The minimum absolute atomic E-state index is 0.00437. The molecule has 0 aliphatic rings. The lowest BCUT2D eigenvalue weighted by Crippen LogP contribution is -2.13. The maximum absolute atomic E-state index is 13.7. The number of aromatic nitrogens is 2. The Morgan fingerprint density at radius 2 is 1.56 bits per heavy atom. The third-order valence-corrected chi connectivity index (χ3v) is 5.67. The van der Waals surface area contributed by atoms with E-state index >= 15 is 0 Å². The van der Waals surface area contributed by atoms with Crippen molar-refractivity contribution in [3.05, 3.63) is 71.4 Å². The van der Waals surface area contributed by atoms with Gasteiger partial charge in [0.1, 0.15) is 11.4 Å². The predicted molar refractivity (Wildman–Crippen MR) is 133 cm³/mol. The Kier molecular flexibility index (Phi) is 8.18. The van der Waals surface area contributed by atoms with Gasteiger partial charge in [-0.1, -0.05) is 77.3 Å². The van der Waals surface area contributed by atoms with Crippen molar-refractivity contribution in [3.8, 4) is 0 Å². The summed E-state index contributed by atoms with van der Waals surface area (Å²) >= 11 is 0. The van der Waals surface area contributed by atoms with Crippen LogP contribution in [0.5, 0.6) is 0 Å². The standard InChI is InChI=1S/C27H33F3N4/c1-5-6-7-8-11-19-12-9-10-13-23(19)33-24-22(27(28,29)30)18-31-25(34-24)32-21-16-14-20(15-17-21)26(2,3)4/h9-10,12-18H,5-8,11H2,1-4H3,(H2,31,32,33,34). The van der Waals surface area contributed by atoms with Crippen LogP contribution in [0.2, 0.25) is 0 Å². The number of para-hydroxylation sites is 1. The first kappa shape index (κ1) is 25.5. The van der Waals surface area contributed by atoms with Gasteiger partial charge in [0.15, 0.2) is 0 Å². The Labute approximate surface area is 200 Å². The Morgan fingerprint density at radius 1 is 0.853 bits per heavy atom. The summed E-state index contributed by atoms with van der Waals surface area (Å²) in [6, 6.07) is 15.2. The number of rotatable bonds is 9. The average Bonchev–Trinajstić information content (AvgIpc) is 2.77. The topological polar surface area (TPSA) is 49.8 Å². The maximum atomic E-state index is 13.7. The lowest BCUT2D eigenvalue weighted by Gasteiger charge is -2.19. The van der Waals surface area contributed by atoms with E-state index in [0.717, 1.165) is 49.4 Å². The number of benzene rings is 2. The van der Waals surface area contributed by atoms with Crippen molar-refractivity contribution in [2.24, 2.45) is 0 Å². The van der Waals surface area contributed by atoms with Gasteiger partial charge in [0, 0.05) is 17.6 Å². The monoisotopic (exact) mass is 470 g/mol. The third-order valence-electron chi connectivity index (χ3n) is 5.67. The first-order valence-electron chi connectivity index (χ1n) is 11.7. The number of aryl methyl sites for hydroxylation is 1. The molecule has 182 valence electrons. The van der Waals surface area contributed by atoms with Gasteiger partial charge in [-0.25, -0.2) is 4.98 Å². The van der Waals surface area contributed by atoms with Crippen LogP contribution in [0.15, 0.2) is 54.7 Å². The highest BCUT2D eigenvalue weighted by Gasteiger charge is 2.35. The van der Waals surface area contributed by atoms with Gasteiger partial charge in [-0.15, -0.1) is 0 Å². The van der Waals surface area contributed by atoms with Crippen LogP contribution in [-0.4, -0.2) is 9.97 Å². The lowest BCUT2D eigenvalue weighted by molar-refractivity contribution is -0.137. The number of nitrogens with zero attached hydrogens (tertiary/aromatic N) is 2. The second kappa shape index (κ2) is 10.9. The summed E-state index contributed by atoms with van der Waals surface area (Å²) in [5.41, 5.74) is 2.56. The van der Waals surface area contributed by atoms with Crippen molar-refractivity contribution in [1.29, 1.82) is 0 Å². The predicted octanol–water partition coefficient (Wildman–Crippen LogP) is 8.40. The molecule has 0 bridgehead atoms. The molecule has 0 fully saturated rings. The minimum atomic E-state index is -4.58. The zero-order valence-corrected chi connectivity index (χ0v) is 20.3. The van der Waals surface area contributed by atoms with Crippen LogP contribution in [-0.2, 0) is 18.0 Å². The quantitative estimate of drug-likeness (QED) is 0.308. The molecule has 0 atom stereocenters. The van der Waals surface area contributed by atoms with Gasteiger partial charge in [0.05, 0.1) is 0 Å². The molecule has 0 saturated carbocycles. The third kappa shape index (κ3) is 6.95. The number of anilines is 4. The zero-order chi connectivity index (χ0) is 24.8. The summed E-state index contributed by atoms with van der Waals surface area (Å²) in [5.74, 6) is -0.170. The Bertz CT molecular complexity index is 1070. The van der Waals surface area contributed by atoms with Crippen LogP contribution in [0.1, 0.15) is 70.1 Å². The van der Waals surface area contributed by atoms with E-state index in [1.54, 1.807) is 6.07 Å². The molecule has 7 heteroatoms. The summed E-state index contributed by atoms with van der Waals surface area (Å²) in [5, 5.41) is 5.95. The number of halogens is 3. The highest BCUT2D eigenvalue weighted by Crippen LogP contribution is 2.36. The van der Waals surface area contributed by atoms with Crippen LogP contribution >= 0.6 is 0 Å². The lowest BCUT2D eigenvalue weighted by atomic mass is 9.87. The Balaban J connectivity index is 1.86. The molecule has 3 aromatic rings. The maximum Gasteiger partial charge on any atom is 0.421 e. The SMILES string of the molecule is CCCCCCc1ccccc1Nc1nc(Nc2ccc(C(C)(C)C)cc2)ncc1C(F)(F)F. The van der Waals surface area contributed by atoms with Crippen molar-refractivity contribution in [2.45, 2.75) is 71.4 Å². The molecular weight excluding hydrogens is 437 g/mol. The van der Waals surface area contributed by atoms with Crippen LogP contribution in [0, 0.1) is 0 Å². The largest absolute Gasteiger partial charge is 0.421 e. The summed E-state index contributed by atoms with van der Waals surface area (Å²) in [6.45, 7) is 8.50. The fraction of sp³-hybridized carbons (Fsp3) is 0.407. The highest BCUT2D eigenvalue weighted by atomic mass is 19.4. The van der Waals surface area contributed by atoms with Crippen molar-refractivity contribution in [1.82, 2.24) is 9.97 Å². The van der Waals surface area contributed by atoms with Crippen molar-refractivity contribution >= 4 is 23.1 Å². The van der Waals surface area contributed by atoms with E-state index in [2.05, 4.69) is 48.3 Å². The van der Waals surface area contributed by atoms with Gasteiger partial charge < -0.3 is 10.6 Å². The van der Waals surface area contributed by atoms with E-state index in [0.29, 0.717) is 11.4 Å². The van der Waals surface area contributed by atoms with Crippen molar-refractivity contribution in [3.63, 3.8) is 0 Å². The van der Waals surface area contributed by atoms with E-state index < -0.39 is 11.7 Å². The summed E-state index contributed by atoms with van der Waals surface area (Å²) < 4.78 is 41.1. The smallest absolute Gasteiger partial charge is 0.339 e. The average molecular weight is 471 g/mol. The first-order valence-corrected chi connectivity index (χ1v) is 11.7. The summed E-state index contributed by atoms with van der Waals surface area (Å²) in [6.07, 6.45) is 1.39. The first-order chi connectivity index (χ1) is 16.1. The molecule has 3 rings (SSSR count). The molecular formula is C27H33F3N4. The number of hydrogen-bond acceptors (Lipinski definition) is 4. The van der Waals surface area contributed by atoms with Gasteiger partial charge in [-0.2, -0.15) is 18.2 Å².